The summed E-state index contributed by atoms with van der Waals surface area (Å²) in [5.74, 6) is 0.717. The first kappa shape index (κ1) is 24.2. The van der Waals surface area contributed by atoms with Crippen LogP contribution in [0.4, 0.5) is 5.13 Å². The summed E-state index contributed by atoms with van der Waals surface area (Å²) in [6.07, 6.45) is 5.19. The van der Waals surface area contributed by atoms with Gasteiger partial charge < -0.3 is 9.64 Å². The smallest absolute Gasteiger partial charge is 0.260 e. The highest BCUT2D eigenvalue weighted by atomic mass is 32.1. The Morgan fingerprint density at radius 3 is 2.62 bits per heavy atom. The van der Waals surface area contributed by atoms with Crippen LogP contribution in [0.5, 0.6) is 5.75 Å². The van der Waals surface area contributed by atoms with E-state index in [1.54, 1.807) is 11.3 Å². The number of nitrogens with zero attached hydrogens (tertiary/aromatic N) is 3. The van der Waals surface area contributed by atoms with Gasteiger partial charge in [-0.2, -0.15) is 0 Å². The first-order valence-corrected chi connectivity index (χ1v) is 12.4. The molecule has 0 N–H and O–H groups in total. The summed E-state index contributed by atoms with van der Waals surface area (Å²) in [7, 11) is 4.10. The second kappa shape index (κ2) is 12.0. The molecule has 5 nitrogen and oxygen atoms in total. The zero-order chi connectivity index (χ0) is 22.9. The highest BCUT2D eigenvalue weighted by Gasteiger charge is 2.22. The Labute approximate surface area is 196 Å². The number of ether oxygens (including phenoxy) is 1. The summed E-state index contributed by atoms with van der Waals surface area (Å²) in [5.41, 5.74) is 2.86. The van der Waals surface area contributed by atoms with E-state index in [9.17, 15) is 4.79 Å². The lowest BCUT2D eigenvalue weighted by atomic mass is 10.2. The standard InChI is InChI=1S/C26H35N3O2S/c1-5-7-8-17-31-22-12-9-11-21(19-22)25(30)29(16-10-15-28(3)4)26-27-23-14-13-20(6-2)18-24(23)32-26/h9,11-14,18-19H,5-8,10,15-17H2,1-4H3. The number of benzene rings is 2. The Balaban J connectivity index is 1.84. The molecule has 0 aliphatic rings. The molecule has 0 saturated heterocycles. The minimum atomic E-state index is -0.0301. The van der Waals surface area contributed by atoms with E-state index in [-0.39, 0.29) is 5.91 Å². The number of anilines is 1. The number of hydrogen-bond acceptors (Lipinski definition) is 5. The predicted molar refractivity (Wildman–Crippen MR) is 135 cm³/mol. The maximum Gasteiger partial charge on any atom is 0.260 e. The molecule has 1 heterocycles. The lowest BCUT2D eigenvalue weighted by molar-refractivity contribution is 0.0985. The number of aromatic nitrogens is 1. The van der Waals surface area contributed by atoms with Crippen molar-refractivity contribution in [1.82, 2.24) is 9.88 Å². The molecule has 0 atom stereocenters. The van der Waals surface area contributed by atoms with Crippen molar-refractivity contribution in [3.8, 4) is 5.75 Å². The molecule has 3 aromatic rings. The number of amides is 1. The molecule has 0 spiro atoms. The molecule has 1 aromatic heterocycles. The molecule has 3 rings (SSSR count). The monoisotopic (exact) mass is 453 g/mol. The lowest BCUT2D eigenvalue weighted by Gasteiger charge is -2.21. The van der Waals surface area contributed by atoms with Crippen LogP contribution in [-0.2, 0) is 6.42 Å². The van der Waals surface area contributed by atoms with Crippen molar-refractivity contribution in [3.05, 3.63) is 53.6 Å². The number of carbonyl (C=O) groups is 1. The minimum absolute atomic E-state index is 0.0301. The van der Waals surface area contributed by atoms with E-state index in [2.05, 4.69) is 51.0 Å². The third-order valence-corrected chi connectivity index (χ3v) is 6.45. The van der Waals surface area contributed by atoms with Crippen LogP contribution in [0.15, 0.2) is 42.5 Å². The molecule has 0 saturated carbocycles. The summed E-state index contributed by atoms with van der Waals surface area (Å²) in [6, 6.07) is 13.9. The largest absolute Gasteiger partial charge is 0.494 e. The fraction of sp³-hybridized carbons (Fsp3) is 0.462. The van der Waals surface area contributed by atoms with Gasteiger partial charge in [-0.05, 0) is 75.8 Å². The highest BCUT2D eigenvalue weighted by Crippen LogP contribution is 2.31. The minimum Gasteiger partial charge on any atom is -0.494 e. The Kier molecular flexibility index (Phi) is 9.06. The Morgan fingerprint density at radius 2 is 1.88 bits per heavy atom. The summed E-state index contributed by atoms with van der Waals surface area (Å²) in [5, 5.41) is 0.756. The van der Waals surface area contributed by atoms with E-state index in [0.717, 1.165) is 59.7 Å². The molecule has 0 aliphatic carbocycles. The van der Waals surface area contributed by atoms with Crippen molar-refractivity contribution < 1.29 is 9.53 Å². The zero-order valence-electron chi connectivity index (χ0n) is 19.8. The van der Waals surface area contributed by atoms with Gasteiger partial charge in [-0.15, -0.1) is 0 Å². The molecular weight excluding hydrogens is 418 g/mol. The molecule has 0 fully saturated rings. The molecule has 172 valence electrons. The quantitative estimate of drug-likeness (QED) is 0.314. The number of unbranched alkanes of at least 4 members (excludes halogenated alkanes) is 2. The van der Waals surface area contributed by atoms with E-state index >= 15 is 0 Å². The number of fused-ring (bicyclic) bond motifs is 1. The molecule has 0 radical (unpaired) electrons. The topological polar surface area (TPSA) is 45.7 Å². The van der Waals surface area contributed by atoms with Crippen molar-refractivity contribution in [2.75, 3.05) is 38.7 Å². The first-order chi connectivity index (χ1) is 15.5. The van der Waals surface area contributed by atoms with Gasteiger partial charge in [0.05, 0.1) is 16.8 Å². The Morgan fingerprint density at radius 1 is 1.03 bits per heavy atom. The van der Waals surface area contributed by atoms with Crippen LogP contribution in [0.25, 0.3) is 10.2 Å². The highest BCUT2D eigenvalue weighted by molar-refractivity contribution is 7.22. The van der Waals surface area contributed by atoms with Gasteiger partial charge in [-0.25, -0.2) is 4.98 Å². The van der Waals surface area contributed by atoms with Crippen molar-refractivity contribution in [2.24, 2.45) is 0 Å². The van der Waals surface area contributed by atoms with Gasteiger partial charge in [0.1, 0.15) is 5.75 Å². The fourth-order valence-corrected chi connectivity index (χ4v) is 4.59. The number of aryl methyl sites for hydroxylation is 1. The van der Waals surface area contributed by atoms with Gasteiger partial charge in [0, 0.05) is 12.1 Å². The normalized spacial score (nSPS) is 11.3. The Hall–Kier alpha value is -2.44. The van der Waals surface area contributed by atoms with Crippen molar-refractivity contribution in [1.29, 1.82) is 0 Å². The summed E-state index contributed by atoms with van der Waals surface area (Å²) < 4.78 is 7.00. The van der Waals surface area contributed by atoms with Crippen molar-refractivity contribution >= 4 is 32.6 Å². The van der Waals surface area contributed by atoms with E-state index in [0.29, 0.717) is 18.7 Å². The van der Waals surface area contributed by atoms with Crippen LogP contribution >= 0.6 is 11.3 Å². The molecule has 0 unspecified atom stereocenters. The second-order valence-corrected chi connectivity index (χ2v) is 9.36. The van der Waals surface area contributed by atoms with Gasteiger partial charge in [0.25, 0.3) is 5.91 Å². The van der Waals surface area contributed by atoms with Crippen LogP contribution in [-0.4, -0.2) is 49.6 Å². The van der Waals surface area contributed by atoms with Crippen molar-refractivity contribution in [2.45, 2.75) is 46.0 Å². The SMILES string of the molecule is CCCCCOc1cccc(C(=O)N(CCCN(C)C)c2nc3ccc(CC)cc3s2)c1. The predicted octanol–water partition coefficient (Wildman–Crippen LogP) is 6.03. The van der Waals surface area contributed by atoms with Crippen LogP contribution in [0.1, 0.15) is 55.5 Å². The number of carbonyl (C=O) groups excluding carboxylic acids is 1. The van der Waals surface area contributed by atoms with Crippen LogP contribution in [0.3, 0.4) is 0 Å². The lowest BCUT2D eigenvalue weighted by Crippen LogP contribution is -2.33. The van der Waals surface area contributed by atoms with Gasteiger partial charge in [0.15, 0.2) is 5.13 Å². The van der Waals surface area contributed by atoms with Gasteiger partial charge in [-0.1, -0.05) is 50.2 Å². The van der Waals surface area contributed by atoms with Gasteiger partial charge in [0.2, 0.25) is 0 Å². The summed E-state index contributed by atoms with van der Waals surface area (Å²) in [6.45, 7) is 6.54. The third-order valence-electron chi connectivity index (χ3n) is 5.41. The van der Waals surface area contributed by atoms with Crippen LogP contribution < -0.4 is 9.64 Å². The average molecular weight is 454 g/mol. The van der Waals surface area contributed by atoms with E-state index in [1.807, 2.05) is 29.2 Å². The third kappa shape index (κ3) is 6.53. The fourth-order valence-electron chi connectivity index (χ4n) is 3.54. The van der Waals surface area contributed by atoms with Crippen molar-refractivity contribution in [3.63, 3.8) is 0 Å². The summed E-state index contributed by atoms with van der Waals surface area (Å²) in [4.78, 5) is 22.3. The van der Waals surface area contributed by atoms with Gasteiger partial charge in [-0.3, -0.25) is 9.69 Å². The van der Waals surface area contributed by atoms with E-state index < -0.39 is 0 Å². The number of hydrogen-bond donors (Lipinski definition) is 0. The van der Waals surface area contributed by atoms with E-state index in [4.69, 9.17) is 9.72 Å². The molecular formula is C26H35N3O2S. The van der Waals surface area contributed by atoms with Crippen LogP contribution in [0, 0.1) is 0 Å². The molecule has 0 bridgehead atoms. The molecule has 2 aromatic carbocycles. The zero-order valence-corrected chi connectivity index (χ0v) is 20.6. The molecule has 0 aliphatic heterocycles. The average Bonchev–Trinajstić information content (AvgIpc) is 3.22. The maximum atomic E-state index is 13.6. The molecule has 32 heavy (non-hydrogen) atoms. The Bertz CT molecular complexity index is 1020. The summed E-state index contributed by atoms with van der Waals surface area (Å²) >= 11 is 1.59. The van der Waals surface area contributed by atoms with Crippen LogP contribution in [0.2, 0.25) is 0 Å². The molecule has 1 amide bonds. The first-order valence-electron chi connectivity index (χ1n) is 11.6. The number of rotatable bonds is 12. The van der Waals surface area contributed by atoms with Gasteiger partial charge >= 0.3 is 0 Å². The second-order valence-electron chi connectivity index (χ2n) is 8.35. The molecule has 6 heteroatoms. The number of thiazole rings is 1. The van der Waals surface area contributed by atoms with E-state index in [1.165, 1.54) is 5.56 Å². The maximum absolute atomic E-state index is 13.6.